The summed E-state index contributed by atoms with van der Waals surface area (Å²) in [5, 5.41) is 0.248. The van der Waals surface area contributed by atoms with Crippen molar-refractivity contribution in [3.05, 3.63) is 40.4 Å². The molecule has 0 saturated heterocycles. The first-order chi connectivity index (χ1) is 8.72. The van der Waals surface area contributed by atoms with Crippen molar-refractivity contribution >= 4 is 23.2 Å². The standard InChI is InChI=1S/C13H11Cl2N3/c14-12-16-11(17-13(15)18-12)10-6-2-5-9(7-10)8-3-1-4-8/h2,5-8H,1,3-4H2. The third-order valence-electron chi connectivity index (χ3n) is 3.30. The molecule has 1 aliphatic carbocycles. The molecule has 18 heavy (non-hydrogen) atoms. The Bertz CT molecular complexity index is 562. The van der Waals surface area contributed by atoms with Crippen molar-refractivity contribution in [2.45, 2.75) is 25.2 Å². The van der Waals surface area contributed by atoms with E-state index >= 15 is 0 Å². The number of hydrogen-bond acceptors (Lipinski definition) is 3. The molecule has 3 rings (SSSR count). The Hall–Kier alpha value is -1.19. The molecular weight excluding hydrogens is 269 g/mol. The van der Waals surface area contributed by atoms with Crippen LogP contribution in [-0.4, -0.2) is 15.0 Å². The van der Waals surface area contributed by atoms with Crippen molar-refractivity contribution in [2.24, 2.45) is 0 Å². The van der Waals surface area contributed by atoms with E-state index in [0.717, 1.165) is 5.56 Å². The molecule has 1 saturated carbocycles. The lowest BCUT2D eigenvalue weighted by molar-refractivity contribution is 0.420. The number of hydrogen-bond donors (Lipinski definition) is 0. The molecule has 0 amide bonds. The zero-order valence-electron chi connectivity index (χ0n) is 9.61. The van der Waals surface area contributed by atoms with Gasteiger partial charge in [-0.15, -0.1) is 0 Å². The maximum absolute atomic E-state index is 5.79. The Morgan fingerprint density at radius 1 is 1.00 bits per heavy atom. The minimum atomic E-state index is 0.124. The predicted molar refractivity (Wildman–Crippen MR) is 71.9 cm³/mol. The first kappa shape index (κ1) is 11.9. The predicted octanol–water partition coefficient (Wildman–Crippen LogP) is 4.11. The highest BCUT2D eigenvalue weighted by atomic mass is 35.5. The highest BCUT2D eigenvalue weighted by Crippen LogP contribution is 2.37. The molecule has 1 aliphatic rings. The van der Waals surface area contributed by atoms with E-state index in [9.17, 15) is 0 Å². The first-order valence-corrected chi connectivity index (χ1v) is 6.65. The van der Waals surface area contributed by atoms with Gasteiger partial charge in [0.05, 0.1) is 0 Å². The first-order valence-electron chi connectivity index (χ1n) is 5.90. The van der Waals surface area contributed by atoms with Crippen LogP contribution in [0.3, 0.4) is 0 Å². The normalized spacial score (nSPS) is 15.4. The monoisotopic (exact) mass is 279 g/mol. The van der Waals surface area contributed by atoms with Gasteiger partial charge in [-0.25, -0.2) is 0 Å². The van der Waals surface area contributed by atoms with Gasteiger partial charge in [-0.05, 0) is 53.6 Å². The van der Waals surface area contributed by atoms with Crippen LogP contribution in [0, 0.1) is 0 Å². The Labute approximate surface area is 115 Å². The van der Waals surface area contributed by atoms with Crippen LogP contribution in [0.15, 0.2) is 24.3 Å². The fraction of sp³-hybridized carbons (Fsp3) is 0.308. The quantitative estimate of drug-likeness (QED) is 0.830. The molecule has 1 aromatic heterocycles. The van der Waals surface area contributed by atoms with Crippen LogP contribution < -0.4 is 0 Å². The second-order valence-corrected chi connectivity index (χ2v) is 5.13. The molecule has 0 aliphatic heterocycles. The molecular formula is C13H11Cl2N3. The van der Waals surface area contributed by atoms with Gasteiger partial charge < -0.3 is 0 Å². The van der Waals surface area contributed by atoms with E-state index in [1.54, 1.807) is 0 Å². The molecule has 2 aromatic rings. The molecule has 3 nitrogen and oxygen atoms in total. The highest BCUT2D eigenvalue weighted by Gasteiger charge is 2.19. The van der Waals surface area contributed by atoms with Crippen molar-refractivity contribution in [3.63, 3.8) is 0 Å². The van der Waals surface area contributed by atoms with Gasteiger partial charge in [0.25, 0.3) is 0 Å². The van der Waals surface area contributed by atoms with E-state index in [0.29, 0.717) is 11.7 Å². The largest absolute Gasteiger partial charge is 0.227 e. The molecule has 92 valence electrons. The Kier molecular flexibility index (Phi) is 3.18. The molecule has 1 heterocycles. The highest BCUT2D eigenvalue weighted by molar-refractivity contribution is 6.31. The van der Waals surface area contributed by atoms with E-state index in [2.05, 4.69) is 27.1 Å². The summed E-state index contributed by atoms with van der Waals surface area (Å²) in [5.41, 5.74) is 2.28. The van der Waals surface area contributed by atoms with Crippen molar-refractivity contribution < 1.29 is 0 Å². The Morgan fingerprint density at radius 3 is 2.33 bits per heavy atom. The minimum absolute atomic E-state index is 0.124. The van der Waals surface area contributed by atoms with E-state index in [-0.39, 0.29) is 10.6 Å². The van der Waals surface area contributed by atoms with Crippen LogP contribution in [0.5, 0.6) is 0 Å². The maximum Gasteiger partial charge on any atom is 0.227 e. The van der Waals surface area contributed by atoms with Crippen molar-refractivity contribution in [3.8, 4) is 11.4 Å². The molecule has 0 spiro atoms. The lowest BCUT2D eigenvalue weighted by Crippen LogP contribution is -2.08. The molecule has 1 aromatic carbocycles. The third kappa shape index (κ3) is 2.33. The summed E-state index contributed by atoms with van der Waals surface area (Å²) in [7, 11) is 0. The van der Waals surface area contributed by atoms with Gasteiger partial charge in [0, 0.05) is 5.56 Å². The van der Waals surface area contributed by atoms with Crippen LogP contribution in [0.25, 0.3) is 11.4 Å². The third-order valence-corrected chi connectivity index (χ3v) is 3.64. The van der Waals surface area contributed by atoms with Crippen LogP contribution in [0.2, 0.25) is 10.6 Å². The average Bonchev–Trinajstić information content (AvgIpc) is 2.26. The van der Waals surface area contributed by atoms with Gasteiger partial charge in [-0.3, -0.25) is 0 Å². The summed E-state index contributed by atoms with van der Waals surface area (Å²) < 4.78 is 0. The lowest BCUT2D eigenvalue weighted by Gasteiger charge is -2.26. The molecule has 0 N–H and O–H groups in total. The topological polar surface area (TPSA) is 38.7 Å². The number of benzene rings is 1. The summed E-state index contributed by atoms with van der Waals surface area (Å²) >= 11 is 11.6. The molecule has 0 radical (unpaired) electrons. The summed E-state index contributed by atoms with van der Waals surface area (Å²) in [6.45, 7) is 0. The Morgan fingerprint density at radius 2 is 1.72 bits per heavy atom. The molecule has 1 fully saturated rings. The lowest BCUT2D eigenvalue weighted by atomic mass is 9.80. The smallest absolute Gasteiger partial charge is 0.198 e. The second kappa shape index (κ2) is 4.82. The number of nitrogens with zero attached hydrogens (tertiary/aromatic N) is 3. The summed E-state index contributed by atoms with van der Waals surface area (Å²) in [5.74, 6) is 1.21. The Balaban J connectivity index is 2.00. The maximum atomic E-state index is 5.79. The number of rotatable bonds is 2. The van der Waals surface area contributed by atoms with Crippen LogP contribution in [0.4, 0.5) is 0 Å². The van der Waals surface area contributed by atoms with Crippen LogP contribution >= 0.6 is 23.2 Å². The van der Waals surface area contributed by atoms with Gasteiger partial charge in [0.2, 0.25) is 10.6 Å². The summed E-state index contributed by atoms with van der Waals surface area (Å²) in [6.07, 6.45) is 3.85. The summed E-state index contributed by atoms with van der Waals surface area (Å²) in [4.78, 5) is 12.0. The van der Waals surface area contributed by atoms with Crippen molar-refractivity contribution in [2.75, 3.05) is 0 Å². The second-order valence-electron chi connectivity index (χ2n) is 4.45. The zero-order chi connectivity index (χ0) is 12.5. The van der Waals surface area contributed by atoms with Gasteiger partial charge >= 0.3 is 0 Å². The van der Waals surface area contributed by atoms with E-state index in [1.165, 1.54) is 24.8 Å². The number of aromatic nitrogens is 3. The molecule has 0 atom stereocenters. The van der Waals surface area contributed by atoms with Crippen molar-refractivity contribution in [1.82, 2.24) is 15.0 Å². The minimum Gasteiger partial charge on any atom is -0.198 e. The summed E-state index contributed by atoms with van der Waals surface area (Å²) in [6, 6.07) is 8.25. The SMILES string of the molecule is Clc1nc(Cl)nc(-c2cccc(C3CCC3)c2)n1. The van der Waals surface area contributed by atoms with Crippen LogP contribution in [0.1, 0.15) is 30.7 Å². The fourth-order valence-corrected chi connectivity index (χ4v) is 2.49. The van der Waals surface area contributed by atoms with E-state index in [4.69, 9.17) is 23.2 Å². The van der Waals surface area contributed by atoms with Gasteiger partial charge in [0.1, 0.15) is 0 Å². The molecule has 5 heteroatoms. The number of halogens is 2. The molecule has 0 unspecified atom stereocenters. The van der Waals surface area contributed by atoms with Gasteiger partial charge in [0.15, 0.2) is 5.82 Å². The van der Waals surface area contributed by atoms with E-state index < -0.39 is 0 Å². The van der Waals surface area contributed by atoms with Crippen molar-refractivity contribution in [1.29, 1.82) is 0 Å². The zero-order valence-corrected chi connectivity index (χ0v) is 11.1. The van der Waals surface area contributed by atoms with Gasteiger partial charge in [-0.1, -0.05) is 24.6 Å². The van der Waals surface area contributed by atoms with E-state index in [1.807, 2.05) is 12.1 Å². The van der Waals surface area contributed by atoms with Crippen LogP contribution in [-0.2, 0) is 0 Å². The molecule has 0 bridgehead atoms. The van der Waals surface area contributed by atoms with Gasteiger partial charge in [-0.2, -0.15) is 15.0 Å². The fourth-order valence-electron chi connectivity index (χ4n) is 2.13. The average molecular weight is 280 g/mol.